The Morgan fingerprint density at radius 1 is 1.18 bits per heavy atom. The predicted octanol–water partition coefficient (Wildman–Crippen LogP) is 3.61. The molecule has 1 aliphatic rings. The monoisotopic (exact) mass is 172 g/mol. The minimum Gasteiger partial charge on any atom is -0.131 e. The molecule has 0 aromatic carbocycles. The highest BCUT2D eigenvalue weighted by molar-refractivity contribution is 7.19. The first-order chi connectivity index (χ1) is 5.12. The maximum atomic E-state index is 3.11. The molecule has 0 nitrogen and oxygen atoms in total. The van der Waals surface area contributed by atoms with Gasteiger partial charge in [0.15, 0.2) is 0 Å². The molecule has 1 aliphatic carbocycles. The predicted molar refractivity (Wildman–Crippen MR) is 55.0 cm³/mol. The molecular formula is C10H21P. The van der Waals surface area contributed by atoms with Crippen LogP contribution in [0.2, 0.25) is 0 Å². The van der Waals surface area contributed by atoms with Gasteiger partial charge in [-0.15, -0.1) is 9.24 Å². The van der Waals surface area contributed by atoms with Crippen molar-refractivity contribution in [2.75, 3.05) is 0 Å². The molecule has 0 N–H and O–H groups in total. The van der Waals surface area contributed by atoms with Gasteiger partial charge in [-0.3, -0.25) is 0 Å². The second-order valence-electron chi connectivity index (χ2n) is 4.52. The zero-order chi connectivity index (χ0) is 8.32. The fraction of sp³-hybridized carbons (Fsp3) is 1.00. The van der Waals surface area contributed by atoms with Crippen molar-refractivity contribution in [1.29, 1.82) is 0 Å². The molecule has 0 spiro atoms. The molecule has 0 saturated heterocycles. The van der Waals surface area contributed by atoms with Crippen LogP contribution in [0.1, 0.15) is 52.4 Å². The summed E-state index contributed by atoms with van der Waals surface area (Å²) in [5.41, 5.74) is 0. The first kappa shape index (κ1) is 9.52. The minimum atomic E-state index is 0.617. The molecule has 1 atom stereocenters. The van der Waals surface area contributed by atoms with Crippen molar-refractivity contribution in [3.05, 3.63) is 0 Å². The maximum absolute atomic E-state index is 3.11. The second-order valence-corrected chi connectivity index (χ2v) is 5.75. The summed E-state index contributed by atoms with van der Waals surface area (Å²) in [5.74, 6) is 0.866. The highest BCUT2D eigenvalue weighted by Gasteiger charge is 2.27. The third-order valence-corrected chi connectivity index (χ3v) is 3.48. The Labute approximate surface area is 73.3 Å². The Morgan fingerprint density at radius 3 is 2.18 bits per heavy atom. The average Bonchev–Trinajstić information content (AvgIpc) is 1.85. The van der Waals surface area contributed by atoms with Crippen LogP contribution in [0.5, 0.6) is 0 Å². The van der Waals surface area contributed by atoms with Crippen LogP contribution < -0.4 is 0 Å². The van der Waals surface area contributed by atoms with Gasteiger partial charge in [0.2, 0.25) is 0 Å². The van der Waals surface area contributed by atoms with Crippen LogP contribution in [0.15, 0.2) is 0 Å². The summed E-state index contributed by atoms with van der Waals surface area (Å²) in [5, 5.41) is 0.617. The van der Waals surface area contributed by atoms with E-state index in [0.29, 0.717) is 5.16 Å². The van der Waals surface area contributed by atoms with Crippen LogP contribution in [-0.2, 0) is 0 Å². The molecular weight excluding hydrogens is 151 g/mol. The van der Waals surface area contributed by atoms with E-state index in [2.05, 4.69) is 23.1 Å². The number of hydrogen-bond donors (Lipinski definition) is 0. The summed E-state index contributed by atoms with van der Waals surface area (Å²) in [6.45, 7) is 4.67. The highest BCUT2D eigenvalue weighted by Crippen LogP contribution is 2.40. The Morgan fingerprint density at radius 2 is 1.73 bits per heavy atom. The summed E-state index contributed by atoms with van der Waals surface area (Å²) < 4.78 is 0. The largest absolute Gasteiger partial charge is 0.131 e. The van der Waals surface area contributed by atoms with Gasteiger partial charge >= 0.3 is 0 Å². The van der Waals surface area contributed by atoms with Crippen molar-refractivity contribution in [2.24, 2.45) is 5.92 Å². The maximum Gasteiger partial charge on any atom is -0.0148 e. The molecule has 0 bridgehead atoms. The Kier molecular flexibility index (Phi) is 3.37. The summed E-state index contributed by atoms with van der Waals surface area (Å²) >= 11 is 0. The van der Waals surface area contributed by atoms with E-state index in [1.165, 1.54) is 38.5 Å². The van der Waals surface area contributed by atoms with E-state index >= 15 is 0 Å². The van der Waals surface area contributed by atoms with Gasteiger partial charge in [-0.1, -0.05) is 33.1 Å². The summed E-state index contributed by atoms with van der Waals surface area (Å²) in [6.07, 6.45) is 8.66. The van der Waals surface area contributed by atoms with Crippen LogP contribution >= 0.6 is 9.24 Å². The van der Waals surface area contributed by atoms with Crippen molar-refractivity contribution in [3.8, 4) is 0 Å². The lowest BCUT2D eigenvalue weighted by Gasteiger charge is -2.34. The zero-order valence-corrected chi connectivity index (χ0v) is 9.05. The number of rotatable bonds is 2. The van der Waals surface area contributed by atoms with Crippen LogP contribution in [0.3, 0.4) is 0 Å². The van der Waals surface area contributed by atoms with Gasteiger partial charge in [-0.2, -0.15) is 0 Å². The van der Waals surface area contributed by atoms with E-state index in [1.807, 2.05) is 0 Å². The molecule has 1 fully saturated rings. The molecule has 0 radical (unpaired) electrons. The van der Waals surface area contributed by atoms with Crippen molar-refractivity contribution in [3.63, 3.8) is 0 Å². The van der Waals surface area contributed by atoms with Crippen LogP contribution in [0.25, 0.3) is 0 Å². The SMILES string of the molecule is CC(C)CC1(P)CCCCC1. The Balaban J connectivity index is 2.37. The van der Waals surface area contributed by atoms with Gasteiger partial charge in [0, 0.05) is 0 Å². The molecule has 1 rings (SSSR count). The third kappa shape index (κ3) is 3.11. The van der Waals surface area contributed by atoms with Crippen LogP contribution in [0, 0.1) is 5.92 Å². The molecule has 1 heteroatoms. The Hall–Kier alpha value is 0.430. The fourth-order valence-electron chi connectivity index (χ4n) is 2.27. The van der Waals surface area contributed by atoms with E-state index in [0.717, 1.165) is 5.92 Å². The molecule has 0 amide bonds. The first-order valence-corrected chi connectivity index (χ1v) is 5.49. The zero-order valence-electron chi connectivity index (χ0n) is 7.90. The number of hydrogen-bond acceptors (Lipinski definition) is 0. The van der Waals surface area contributed by atoms with Crippen molar-refractivity contribution in [1.82, 2.24) is 0 Å². The van der Waals surface area contributed by atoms with E-state index < -0.39 is 0 Å². The lowest BCUT2D eigenvalue weighted by Crippen LogP contribution is -2.25. The van der Waals surface area contributed by atoms with Gasteiger partial charge in [0.25, 0.3) is 0 Å². The molecule has 0 aromatic heterocycles. The molecule has 0 aliphatic heterocycles. The van der Waals surface area contributed by atoms with Crippen molar-refractivity contribution >= 4 is 9.24 Å². The van der Waals surface area contributed by atoms with E-state index in [-0.39, 0.29) is 0 Å². The lowest BCUT2D eigenvalue weighted by atomic mass is 9.82. The lowest BCUT2D eigenvalue weighted by molar-refractivity contribution is 0.341. The fourth-order valence-corrected chi connectivity index (χ4v) is 3.15. The van der Waals surface area contributed by atoms with Crippen LogP contribution in [0.4, 0.5) is 0 Å². The molecule has 66 valence electrons. The summed E-state index contributed by atoms with van der Waals surface area (Å²) in [6, 6.07) is 0. The van der Waals surface area contributed by atoms with Crippen LogP contribution in [-0.4, -0.2) is 5.16 Å². The Bertz CT molecular complexity index is 112. The summed E-state index contributed by atoms with van der Waals surface area (Å²) in [7, 11) is 3.11. The molecule has 0 heterocycles. The summed E-state index contributed by atoms with van der Waals surface area (Å²) in [4.78, 5) is 0. The average molecular weight is 172 g/mol. The second kappa shape index (κ2) is 3.90. The minimum absolute atomic E-state index is 0.617. The van der Waals surface area contributed by atoms with Crippen molar-refractivity contribution in [2.45, 2.75) is 57.5 Å². The van der Waals surface area contributed by atoms with E-state index in [4.69, 9.17) is 0 Å². The quantitative estimate of drug-likeness (QED) is 0.558. The van der Waals surface area contributed by atoms with Crippen molar-refractivity contribution < 1.29 is 0 Å². The smallest absolute Gasteiger partial charge is 0.0148 e. The third-order valence-electron chi connectivity index (χ3n) is 2.66. The molecule has 0 aromatic rings. The van der Waals surface area contributed by atoms with Gasteiger partial charge in [-0.25, -0.2) is 0 Å². The highest BCUT2D eigenvalue weighted by atomic mass is 31.0. The van der Waals surface area contributed by atoms with Gasteiger partial charge < -0.3 is 0 Å². The molecule has 11 heavy (non-hydrogen) atoms. The standard InChI is InChI=1S/C10H21P/c1-9(2)8-10(11)6-4-3-5-7-10/h9H,3-8,11H2,1-2H3. The normalized spacial score (nSPS) is 24.0. The van der Waals surface area contributed by atoms with Gasteiger partial charge in [0.1, 0.15) is 0 Å². The molecule has 1 saturated carbocycles. The van der Waals surface area contributed by atoms with Gasteiger partial charge in [-0.05, 0) is 30.3 Å². The van der Waals surface area contributed by atoms with E-state index in [1.54, 1.807) is 0 Å². The van der Waals surface area contributed by atoms with Gasteiger partial charge in [0.05, 0.1) is 0 Å². The first-order valence-electron chi connectivity index (χ1n) is 4.91. The van der Waals surface area contributed by atoms with E-state index in [9.17, 15) is 0 Å². The topological polar surface area (TPSA) is 0 Å². The molecule has 1 unspecified atom stereocenters.